The van der Waals surface area contributed by atoms with Gasteiger partial charge in [0.25, 0.3) is 0 Å². The number of halogens is 2. The van der Waals surface area contributed by atoms with Gasteiger partial charge in [0.1, 0.15) is 11.6 Å². The van der Waals surface area contributed by atoms with Crippen LogP contribution in [0.3, 0.4) is 0 Å². The Labute approximate surface area is 157 Å². The molecule has 0 saturated heterocycles. The van der Waals surface area contributed by atoms with Gasteiger partial charge < -0.3 is 0 Å². The maximum Gasteiger partial charge on any atom is 0.216 e. The van der Waals surface area contributed by atoms with Crippen LogP contribution in [0.1, 0.15) is 25.0 Å². The standard InChI is InChI=1S/C17H13F2NO3S3/c18-12-6-11(7-13(19)8-12)10-26(22,23)20-9-14-3-4-16(25-14)17(21)15-2-1-5-24-15/h1-8,20H,9-10H2. The minimum absolute atomic E-state index is 0.00250. The highest BCUT2D eigenvalue weighted by atomic mass is 32.2. The number of hydrogen-bond acceptors (Lipinski definition) is 5. The van der Waals surface area contributed by atoms with Gasteiger partial charge >= 0.3 is 0 Å². The number of nitrogens with one attached hydrogen (secondary N) is 1. The average Bonchev–Trinajstić information content (AvgIpc) is 3.23. The molecule has 0 spiro atoms. The molecule has 26 heavy (non-hydrogen) atoms. The van der Waals surface area contributed by atoms with E-state index in [0.29, 0.717) is 20.7 Å². The van der Waals surface area contributed by atoms with E-state index in [4.69, 9.17) is 0 Å². The summed E-state index contributed by atoms with van der Waals surface area (Å²) in [7, 11) is -3.78. The Morgan fingerprint density at radius 3 is 2.42 bits per heavy atom. The summed E-state index contributed by atoms with van der Waals surface area (Å²) in [6.45, 7) is 0.00250. The molecule has 4 nitrogen and oxygen atoms in total. The zero-order valence-corrected chi connectivity index (χ0v) is 15.7. The molecule has 2 heterocycles. The third-order valence-electron chi connectivity index (χ3n) is 3.38. The Morgan fingerprint density at radius 1 is 1.04 bits per heavy atom. The lowest BCUT2D eigenvalue weighted by molar-refractivity contribution is 0.104. The molecule has 0 aliphatic rings. The van der Waals surface area contributed by atoms with Crippen LogP contribution >= 0.6 is 22.7 Å². The summed E-state index contributed by atoms with van der Waals surface area (Å²) in [6.07, 6.45) is 0. The van der Waals surface area contributed by atoms with E-state index in [0.717, 1.165) is 12.1 Å². The molecule has 0 aliphatic heterocycles. The summed E-state index contributed by atoms with van der Waals surface area (Å²) in [6, 6.07) is 9.48. The predicted molar refractivity (Wildman–Crippen MR) is 97.9 cm³/mol. The first-order chi connectivity index (χ1) is 12.3. The van der Waals surface area contributed by atoms with Gasteiger partial charge in [0.2, 0.25) is 15.8 Å². The topological polar surface area (TPSA) is 63.2 Å². The highest BCUT2D eigenvalue weighted by Crippen LogP contribution is 2.22. The normalized spacial score (nSPS) is 11.6. The number of hydrogen-bond donors (Lipinski definition) is 1. The zero-order valence-electron chi connectivity index (χ0n) is 13.2. The quantitative estimate of drug-likeness (QED) is 0.597. The second-order valence-electron chi connectivity index (χ2n) is 5.43. The van der Waals surface area contributed by atoms with E-state index in [2.05, 4.69) is 4.72 Å². The lowest BCUT2D eigenvalue weighted by Crippen LogP contribution is -2.24. The monoisotopic (exact) mass is 413 g/mol. The maximum atomic E-state index is 13.2. The molecular formula is C17H13F2NO3S3. The van der Waals surface area contributed by atoms with Crippen LogP contribution in [0.5, 0.6) is 0 Å². The first-order valence-electron chi connectivity index (χ1n) is 7.42. The molecule has 0 amide bonds. The van der Waals surface area contributed by atoms with Gasteiger partial charge in [-0.25, -0.2) is 21.9 Å². The molecule has 136 valence electrons. The van der Waals surface area contributed by atoms with E-state index in [-0.39, 0.29) is 17.9 Å². The molecule has 3 aromatic rings. The van der Waals surface area contributed by atoms with E-state index in [1.807, 2.05) is 5.38 Å². The Balaban J connectivity index is 1.64. The van der Waals surface area contributed by atoms with Crippen molar-refractivity contribution in [3.8, 4) is 0 Å². The summed E-state index contributed by atoms with van der Waals surface area (Å²) in [4.78, 5) is 14.0. The van der Waals surface area contributed by atoms with Crippen molar-refractivity contribution in [3.63, 3.8) is 0 Å². The van der Waals surface area contributed by atoms with E-state index in [9.17, 15) is 22.0 Å². The van der Waals surface area contributed by atoms with Crippen LogP contribution in [0.15, 0.2) is 47.8 Å². The van der Waals surface area contributed by atoms with Gasteiger partial charge in [-0.05, 0) is 41.3 Å². The van der Waals surface area contributed by atoms with Gasteiger partial charge in [0, 0.05) is 17.5 Å². The molecule has 3 rings (SSSR count). The minimum Gasteiger partial charge on any atom is -0.287 e. The highest BCUT2D eigenvalue weighted by Gasteiger charge is 2.16. The van der Waals surface area contributed by atoms with Gasteiger partial charge in [-0.3, -0.25) is 4.79 Å². The van der Waals surface area contributed by atoms with E-state index >= 15 is 0 Å². The third-order valence-corrected chi connectivity index (χ3v) is 6.63. The first-order valence-corrected chi connectivity index (χ1v) is 10.8. The lowest BCUT2D eigenvalue weighted by Gasteiger charge is -2.06. The number of ketones is 1. The molecule has 1 aromatic carbocycles. The third kappa shape index (κ3) is 4.82. The van der Waals surface area contributed by atoms with E-state index in [1.54, 1.807) is 24.3 Å². The number of sulfonamides is 1. The average molecular weight is 413 g/mol. The molecule has 0 bridgehead atoms. The number of carbonyl (C=O) groups is 1. The van der Waals surface area contributed by atoms with Crippen molar-refractivity contribution in [1.29, 1.82) is 0 Å². The van der Waals surface area contributed by atoms with Crippen LogP contribution < -0.4 is 4.72 Å². The summed E-state index contributed by atoms with van der Waals surface area (Å²) in [5.41, 5.74) is 0.0229. The number of carbonyl (C=O) groups excluding carboxylic acids is 1. The smallest absolute Gasteiger partial charge is 0.216 e. The van der Waals surface area contributed by atoms with E-state index < -0.39 is 27.4 Å². The van der Waals surface area contributed by atoms with Crippen LogP contribution in [0.4, 0.5) is 8.78 Å². The molecule has 1 N–H and O–H groups in total. The molecule has 0 fully saturated rings. The lowest BCUT2D eigenvalue weighted by atomic mass is 10.2. The molecule has 0 saturated carbocycles. The SMILES string of the molecule is O=C(c1cccs1)c1ccc(CNS(=O)(=O)Cc2cc(F)cc(F)c2)s1. The number of rotatable bonds is 7. The largest absolute Gasteiger partial charge is 0.287 e. The van der Waals surface area contributed by atoms with Crippen LogP contribution in [0.25, 0.3) is 0 Å². The predicted octanol–water partition coefficient (Wildman–Crippen LogP) is 3.94. The fraction of sp³-hybridized carbons (Fsp3) is 0.118. The van der Waals surface area contributed by atoms with Crippen LogP contribution in [-0.2, 0) is 22.3 Å². The number of benzene rings is 1. The molecular weight excluding hydrogens is 400 g/mol. The Bertz CT molecular complexity index is 1010. The van der Waals surface area contributed by atoms with Crippen molar-refractivity contribution in [3.05, 3.63) is 79.7 Å². The van der Waals surface area contributed by atoms with Crippen molar-refractivity contribution in [2.24, 2.45) is 0 Å². The number of thiophene rings is 2. The molecule has 0 radical (unpaired) electrons. The summed E-state index contributed by atoms with van der Waals surface area (Å²) in [5.74, 6) is -2.29. The second kappa shape index (κ2) is 7.75. The van der Waals surface area contributed by atoms with Crippen molar-refractivity contribution < 1.29 is 22.0 Å². The first kappa shape index (κ1) is 18.8. The molecule has 0 atom stereocenters. The fourth-order valence-corrected chi connectivity index (χ4v) is 5.09. The van der Waals surface area contributed by atoms with Crippen LogP contribution in [0, 0.1) is 11.6 Å². The van der Waals surface area contributed by atoms with Gasteiger partial charge in [-0.2, -0.15) is 0 Å². The summed E-state index contributed by atoms with van der Waals surface area (Å²) >= 11 is 2.54. The van der Waals surface area contributed by atoms with Crippen molar-refractivity contribution in [2.45, 2.75) is 12.3 Å². The van der Waals surface area contributed by atoms with Gasteiger partial charge in [0.15, 0.2) is 0 Å². The highest BCUT2D eigenvalue weighted by molar-refractivity contribution is 7.88. The molecule has 0 aliphatic carbocycles. The second-order valence-corrected chi connectivity index (χ2v) is 9.35. The molecule has 2 aromatic heterocycles. The van der Waals surface area contributed by atoms with Crippen LogP contribution in [-0.4, -0.2) is 14.2 Å². The summed E-state index contributed by atoms with van der Waals surface area (Å²) in [5, 5.41) is 1.81. The van der Waals surface area contributed by atoms with Crippen molar-refractivity contribution >= 4 is 38.5 Å². The zero-order chi connectivity index (χ0) is 18.7. The Hall–Kier alpha value is -1.94. The minimum atomic E-state index is -3.78. The van der Waals surface area contributed by atoms with E-state index in [1.165, 1.54) is 22.7 Å². The van der Waals surface area contributed by atoms with Gasteiger partial charge in [-0.15, -0.1) is 22.7 Å². The maximum absolute atomic E-state index is 13.2. The van der Waals surface area contributed by atoms with Crippen molar-refractivity contribution in [1.82, 2.24) is 4.72 Å². The molecule has 9 heteroatoms. The fourth-order valence-electron chi connectivity index (χ4n) is 2.27. The van der Waals surface area contributed by atoms with Gasteiger partial charge in [0.05, 0.1) is 15.5 Å². The summed E-state index contributed by atoms with van der Waals surface area (Å²) < 4.78 is 52.9. The molecule has 0 unspecified atom stereocenters. The van der Waals surface area contributed by atoms with Gasteiger partial charge in [-0.1, -0.05) is 6.07 Å². The van der Waals surface area contributed by atoms with Crippen LogP contribution in [0.2, 0.25) is 0 Å². The Morgan fingerprint density at radius 2 is 1.77 bits per heavy atom. The Kier molecular flexibility index (Phi) is 5.61. The van der Waals surface area contributed by atoms with Crippen molar-refractivity contribution in [2.75, 3.05) is 0 Å².